The Bertz CT molecular complexity index is 1080. The number of alkyl carbamates (subject to hydrolysis) is 1. The van der Waals surface area contributed by atoms with E-state index in [-0.39, 0.29) is 19.1 Å². The molecule has 0 radical (unpaired) electrons. The number of rotatable bonds is 15. The molecule has 1 aliphatic rings. The number of amides is 1. The number of aryl methyl sites for hydroxylation is 2. The minimum absolute atomic E-state index is 0.0143. The van der Waals surface area contributed by atoms with Gasteiger partial charge in [-0.25, -0.2) is 14.6 Å². The molecule has 1 aromatic heterocycles. The minimum atomic E-state index is -1.08. The zero-order chi connectivity index (χ0) is 30.0. The number of ether oxygens (including phenoxy) is 2. The van der Waals surface area contributed by atoms with Crippen LogP contribution >= 0.6 is 0 Å². The van der Waals surface area contributed by atoms with Crippen molar-refractivity contribution in [3.05, 3.63) is 59.3 Å². The molecule has 0 bridgehead atoms. The molecule has 2 aromatic rings. The first-order valence-corrected chi connectivity index (χ1v) is 14.0. The Kier molecular flexibility index (Phi) is 15.2. The van der Waals surface area contributed by atoms with Crippen LogP contribution in [0.2, 0.25) is 0 Å². The molecule has 0 fully saturated rings. The smallest absolute Gasteiger partial charge is 0.408 e. The fraction of sp³-hybridized carbons (Fsp3) is 0.533. The number of pyridine rings is 1. The van der Waals surface area contributed by atoms with Crippen molar-refractivity contribution in [1.29, 1.82) is 0 Å². The maximum Gasteiger partial charge on any atom is 0.408 e. The number of methoxy groups -OCH3 is 1. The Morgan fingerprint density at radius 3 is 2.51 bits per heavy atom. The Labute approximate surface area is 242 Å². The van der Waals surface area contributed by atoms with Crippen LogP contribution in [-0.2, 0) is 38.5 Å². The van der Waals surface area contributed by atoms with E-state index in [1.54, 1.807) is 7.11 Å². The van der Waals surface area contributed by atoms with Crippen molar-refractivity contribution in [2.45, 2.75) is 71.1 Å². The van der Waals surface area contributed by atoms with E-state index in [4.69, 9.17) is 24.4 Å². The largest absolute Gasteiger partial charge is 0.481 e. The number of carbonyl (C=O) groups is 3. The lowest BCUT2D eigenvalue weighted by molar-refractivity contribution is -0.139. The van der Waals surface area contributed by atoms with Gasteiger partial charge < -0.3 is 35.2 Å². The predicted octanol–water partition coefficient (Wildman–Crippen LogP) is 3.96. The van der Waals surface area contributed by atoms with Gasteiger partial charge >= 0.3 is 12.1 Å². The number of nitrogens with zero attached hydrogens (tertiary/aromatic N) is 2. The van der Waals surface area contributed by atoms with Crippen LogP contribution < -0.4 is 10.6 Å². The summed E-state index contributed by atoms with van der Waals surface area (Å²) in [7, 11) is 1.67. The van der Waals surface area contributed by atoms with Gasteiger partial charge in [-0.2, -0.15) is 0 Å². The van der Waals surface area contributed by atoms with Gasteiger partial charge in [-0.15, -0.1) is 0 Å². The normalized spacial score (nSPS) is 13.6. The first-order valence-electron chi connectivity index (χ1n) is 14.0. The molecule has 3 rings (SSSR count). The molecule has 1 amide bonds. The third-order valence-electron chi connectivity index (χ3n) is 6.56. The fourth-order valence-electron chi connectivity index (χ4n) is 4.36. The Balaban J connectivity index is 0.00000138. The molecule has 1 aromatic carbocycles. The SMILES string of the molecule is CC(=O)O.CO[C@H](C)CN(CCCCc1ccc2c(n1)NCCC2)CC[C@H](NC(=O)OCc1ccccc1)C(=O)O. The average Bonchev–Trinajstić information content (AvgIpc) is 2.96. The lowest BCUT2D eigenvalue weighted by atomic mass is 10.1. The van der Waals surface area contributed by atoms with Crippen LogP contribution in [0, 0.1) is 0 Å². The molecular weight excluding hydrogens is 528 g/mol. The average molecular weight is 573 g/mol. The van der Waals surface area contributed by atoms with E-state index in [1.807, 2.05) is 37.3 Å². The highest BCUT2D eigenvalue weighted by molar-refractivity contribution is 5.79. The highest BCUT2D eigenvalue weighted by atomic mass is 16.5. The van der Waals surface area contributed by atoms with Crippen molar-refractivity contribution >= 4 is 23.8 Å². The van der Waals surface area contributed by atoms with Gasteiger partial charge in [-0.05, 0) is 69.2 Å². The molecule has 0 aliphatic carbocycles. The molecule has 41 heavy (non-hydrogen) atoms. The first-order chi connectivity index (χ1) is 19.7. The molecule has 226 valence electrons. The number of anilines is 1. The highest BCUT2D eigenvalue weighted by Crippen LogP contribution is 2.20. The number of benzene rings is 1. The third kappa shape index (κ3) is 14.0. The van der Waals surface area contributed by atoms with Gasteiger partial charge in [0.25, 0.3) is 5.97 Å². The van der Waals surface area contributed by atoms with Gasteiger partial charge in [0, 0.05) is 39.4 Å². The van der Waals surface area contributed by atoms with Gasteiger partial charge in [0.15, 0.2) is 0 Å². The third-order valence-corrected chi connectivity index (χ3v) is 6.56. The molecule has 0 saturated carbocycles. The number of nitrogens with one attached hydrogen (secondary N) is 2. The number of unbranched alkanes of at least 4 members (excludes halogenated alkanes) is 1. The molecule has 2 heterocycles. The van der Waals surface area contributed by atoms with Crippen molar-refractivity contribution in [2.75, 3.05) is 38.6 Å². The molecule has 0 spiro atoms. The van der Waals surface area contributed by atoms with E-state index in [2.05, 4.69) is 27.7 Å². The van der Waals surface area contributed by atoms with Crippen molar-refractivity contribution in [3.63, 3.8) is 0 Å². The molecule has 0 saturated heterocycles. The summed E-state index contributed by atoms with van der Waals surface area (Å²) in [6.07, 6.45) is 4.61. The first kappa shape index (κ1) is 33.5. The summed E-state index contributed by atoms with van der Waals surface area (Å²) in [6, 6.07) is 12.5. The van der Waals surface area contributed by atoms with E-state index in [0.29, 0.717) is 13.1 Å². The number of carboxylic acid groups (broad SMARTS) is 2. The highest BCUT2D eigenvalue weighted by Gasteiger charge is 2.22. The molecule has 2 atom stereocenters. The Hall–Kier alpha value is -3.70. The molecule has 1 aliphatic heterocycles. The topological polar surface area (TPSA) is 150 Å². The zero-order valence-corrected chi connectivity index (χ0v) is 24.3. The van der Waals surface area contributed by atoms with Crippen LogP contribution in [0.5, 0.6) is 0 Å². The summed E-state index contributed by atoms with van der Waals surface area (Å²) in [5, 5.41) is 22.9. The van der Waals surface area contributed by atoms with Crippen molar-refractivity contribution in [1.82, 2.24) is 15.2 Å². The lowest BCUT2D eigenvalue weighted by Crippen LogP contribution is -2.44. The molecular formula is C30H44N4O7. The van der Waals surface area contributed by atoms with E-state index in [0.717, 1.165) is 69.2 Å². The molecule has 11 heteroatoms. The number of aliphatic carboxylic acids is 2. The van der Waals surface area contributed by atoms with Gasteiger partial charge in [0.05, 0.1) is 6.10 Å². The Morgan fingerprint density at radius 1 is 1.10 bits per heavy atom. The second-order valence-electron chi connectivity index (χ2n) is 10.0. The molecule has 4 N–H and O–H groups in total. The summed E-state index contributed by atoms with van der Waals surface area (Å²) >= 11 is 0. The van der Waals surface area contributed by atoms with Crippen LogP contribution in [0.25, 0.3) is 0 Å². The Morgan fingerprint density at radius 2 is 1.83 bits per heavy atom. The van der Waals surface area contributed by atoms with Gasteiger partial charge in [0.1, 0.15) is 18.5 Å². The second-order valence-corrected chi connectivity index (χ2v) is 10.0. The zero-order valence-electron chi connectivity index (χ0n) is 24.3. The number of fused-ring (bicyclic) bond motifs is 1. The van der Waals surface area contributed by atoms with Gasteiger partial charge in [-0.1, -0.05) is 36.4 Å². The quantitative estimate of drug-likeness (QED) is 0.231. The molecule has 0 unspecified atom stereocenters. The number of hydrogen-bond donors (Lipinski definition) is 4. The van der Waals surface area contributed by atoms with Crippen molar-refractivity contribution in [3.8, 4) is 0 Å². The summed E-state index contributed by atoms with van der Waals surface area (Å²) < 4.78 is 10.6. The number of aromatic nitrogens is 1. The summed E-state index contributed by atoms with van der Waals surface area (Å²) in [6.45, 7) is 6.15. The fourth-order valence-corrected chi connectivity index (χ4v) is 4.36. The van der Waals surface area contributed by atoms with E-state index in [1.165, 1.54) is 5.56 Å². The van der Waals surface area contributed by atoms with Crippen LogP contribution in [0.1, 0.15) is 56.4 Å². The second kappa shape index (κ2) is 18.6. The summed E-state index contributed by atoms with van der Waals surface area (Å²) in [5.74, 6) is -0.891. The van der Waals surface area contributed by atoms with E-state index < -0.39 is 24.1 Å². The maximum atomic E-state index is 12.2. The minimum Gasteiger partial charge on any atom is -0.481 e. The predicted molar refractivity (Wildman–Crippen MR) is 156 cm³/mol. The van der Waals surface area contributed by atoms with Crippen molar-refractivity contribution in [2.24, 2.45) is 0 Å². The van der Waals surface area contributed by atoms with Crippen LogP contribution in [0.3, 0.4) is 0 Å². The standard InChI is InChI=1S/C28H40N4O5.C2H4O2/c1-21(36-2)19-32(17-7-6-12-24-14-13-23-11-8-16-29-26(23)30-24)18-15-25(27(33)34)31-28(35)37-20-22-9-4-3-5-10-22;1-2(3)4/h3-5,9-10,13-14,21,25H,6-8,11-12,15-20H2,1-2H3,(H,29,30)(H,31,35)(H,33,34);1H3,(H,3,4)/t21-,25+;/m1./s1. The van der Waals surface area contributed by atoms with E-state index >= 15 is 0 Å². The molecule has 11 nitrogen and oxygen atoms in total. The number of carbonyl (C=O) groups excluding carboxylic acids is 1. The summed E-state index contributed by atoms with van der Waals surface area (Å²) in [5.41, 5.74) is 3.22. The number of hydrogen-bond acceptors (Lipinski definition) is 8. The number of carboxylic acids is 2. The lowest BCUT2D eigenvalue weighted by Gasteiger charge is -2.26. The van der Waals surface area contributed by atoms with Crippen LogP contribution in [-0.4, -0.2) is 83.6 Å². The maximum absolute atomic E-state index is 12.2. The van der Waals surface area contributed by atoms with Crippen molar-refractivity contribution < 1.29 is 34.1 Å². The monoisotopic (exact) mass is 572 g/mol. The van der Waals surface area contributed by atoms with Crippen LogP contribution in [0.4, 0.5) is 10.6 Å². The van der Waals surface area contributed by atoms with E-state index in [9.17, 15) is 14.7 Å². The van der Waals surface area contributed by atoms with Gasteiger partial charge in [0.2, 0.25) is 0 Å². The summed E-state index contributed by atoms with van der Waals surface area (Å²) in [4.78, 5) is 40.0. The van der Waals surface area contributed by atoms with Gasteiger partial charge in [-0.3, -0.25) is 4.79 Å². The van der Waals surface area contributed by atoms with Crippen LogP contribution in [0.15, 0.2) is 42.5 Å².